The molecule has 0 aliphatic heterocycles. The maximum Gasteiger partial charge on any atom is 0.435 e. The summed E-state index contributed by atoms with van der Waals surface area (Å²) >= 11 is 5.97. The molecular formula is C16H20ClF3IN5. The van der Waals surface area contributed by atoms with Gasteiger partial charge in [-0.3, -0.25) is 9.67 Å². The molecule has 2 N–H and O–H groups in total. The summed E-state index contributed by atoms with van der Waals surface area (Å²) in [5.41, 5.74) is 0.0852. The Morgan fingerprint density at radius 1 is 1.38 bits per heavy atom. The zero-order valence-corrected chi connectivity index (χ0v) is 17.5. The van der Waals surface area contributed by atoms with Crippen LogP contribution >= 0.6 is 35.6 Å². The molecular weight excluding hydrogens is 482 g/mol. The number of aromatic nitrogens is 2. The van der Waals surface area contributed by atoms with E-state index in [9.17, 15) is 13.2 Å². The summed E-state index contributed by atoms with van der Waals surface area (Å²) < 4.78 is 40.1. The Morgan fingerprint density at radius 3 is 2.65 bits per heavy atom. The largest absolute Gasteiger partial charge is 0.435 e. The quantitative estimate of drug-likeness (QED) is 0.376. The fourth-order valence-corrected chi connectivity index (χ4v) is 2.54. The van der Waals surface area contributed by atoms with Crippen molar-refractivity contribution in [2.75, 3.05) is 7.05 Å². The van der Waals surface area contributed by atoms with Crippen LogP contribution in [0.15, 0.2) is 35.5 Å². The SMILES string of the molecule is CN=C(NCc1cn(C)nc1C(F)(F)F)NC(C)c1cccc(Cl)c1.I. The summed E-state index contributed by atoms with van der Waals surface area (Å²) in [5.74, 6) is 0.379. The average Bonchev–Trinajstić information content (AvgIpc) is 2.92. The Hall–Kier alpha value is -1.49. The van der Waals surface area contributed by atoms with Crippen LogP contribution < -0.4 is 10.6 Å². The van der Waals surface area contributed by atoms with Gasteiger partial charge in [0.05, 0.1) is 6.04 Å². The van der Waals surface area contributed by atoms with Crippen molar-refractivity contribution in [3.63, 3.8) is 0 Å². The summed E-state index contributed by atoms with van der Waals surface area (Å²) in [4.78, 5) is 4.04. The fourth-order valence-electron chi connectivity index (χ4n) is 2.34. The number of hydrogen-bond acceptors (Lipinski definition) is 2. The normalized spacial score (nSPS) is 13.1. The number of alkyl halides is 3. The van der Waals surface area contributed by atoms with E-state index in [2.05, 4.69) is 20.7 Å². The van der Waals surface area contributed by atoms with Crippen molar-refractivity contribution in [2.24, 2.45) is 12.0 Å². The van der Waals surface area contributed by atoms with Crippen LogP contribution in [0.2, 0.25) is 5.02 Å². The molecule has 1 atom stereocenters. The lowest BCUT2D eigenvalue weighted by molar-refractivity contribution is -0.142. The van der Waals surface area contributed by atoms with Crippen LogP contribution in [-0.4, -0.2) is 22.8 Å². The molecule has 0 saturated carbocycles. The predicted octanol–water partition coefficient (Wildman–Crippen LogP) is 4.14. The minimum atomic E-state index is -4.50. The van der Waals surface area contributed by atoms with Crippen molar-refractivity contribution >= 4 is 41.5 Å². The van der Waals surface area contributed by atoms with E-state index in [1.807, 2.05) is 25.1 Å². The smallest absolute Gasteiger partial charge is 0.352 e. The van der Waals surface area contributed by atoms with Crippen molar-refractivity contribution in [2.45, 2.75) is 25.7 Å². The third-order valence-corrected chi connectivity index (χ3v) is 3.78. The molecule has 0 radical (unpaired) electrons. The molecule has 1 unspecified atom stereocenters. The molecule has 5 nitrogen and oxygen atoms in total. The van der Waals surface area contributed by atoms with E-state index >= 15 is 0 Å². The predicted molar refractivity (Wildman–Crippen MR) is 107 cm³/mol. The Kier molecular flexibility index (Phi) is 8.19. The molecule has 0 saturated heterocycles. The third kappa shape index (κ3) is 6.04. The monoisotopic (exact) mass is 501 g/mol. The van der Waals surface area contributed by atoms with Gasteiger partial charge in [0.25, 0.3) is 0 Å². The van der Waals surface area contributed by atoms with Gasteiger partial charge in [-0.15, -0.1) is 24.0 Å². The highest BCUT2D eigenvalue weighted by Gasteiger charge is 2.36. The van der Waals surface area contributed by atoms with Gasteiger partial charge < -0.3 is 10.6 Å². The van der Waals surface area contributed by atoms with E-state index < -0.39 is 11.9 Å². The van der Waals surface area contributed by atoms with Gasteiger partial charge in [-0.2, -0.15) is 18.3 Å². The van der Waals surface area contributed by atoms with Crippen LogP contribution in [0.5, 0.6) is 0 Å². The van der Waals surface area contributed by atoms with Gasteiger partial charge in [-0.25, -0.2) is 0 Å². The Labute approximate surface area is 172 Å². The van der Waals surface area contributed by atoms with Crippen LogP contribution in [0.4, 0.5) is 13.2 Å². The number of aryl methyl sites for hydroxylation is 1. The number of hydrogen-bond donors (Lipinski definition) is 2. The number of benzene rings is 1. The van der Waals surface area contributed by atoms with Gasteiger partial charge >= 0.3 is 6.18 Å². The van der Waals surface area contributed by atoms with Crippen LogP contribution in [0.3, 0.4) is 0 Å². The summed E-state index contributed by atoms with van der Waals surface area (Å²) in [6.45, 7) is 1.86. The first kappa shape index (κ1) is 22.6. The minimum Gasteiger partial charge on any atom is -0.352 e. The molecule has 1 aromatic heterocycles. The molecule has 0 aliphatic rings. The number of rotatable bonds is 4. The second-order valence-electron chi connectivity index (χ2n) is 5.52. The van der Waals surface area contributed by atoms with E-state index in [4.69, 9.17) is 11.6 Å². The first-order valence-electron chi connectivity index (χ1n) is 7.53. The lowest BCUT2D eigenvalue weighted by atomic mass is 10.1. The lowest BCUT2D eigenvalue weighted by Crippen LogP contribution is -2.38. The molecule has 26 heavy (non-hydrogen) atoms. The standard InChI is InChI=1S/C16H19ClF3N5.HI/c1-10(11-5-4-6-13(17)7-11)23-15(21-2)22-8-12-9-25(3)24-14(12)16(18,19)20;/h4-7,9-10H,8H2,1-3H3,(H2,21,22,23);1H. The number of guanidine groups is 1. The molecule has 1 aromatic carbocycles. The topological polar surface area (TPSA) is 54.2 Å². The molecule has 0 amide bonds. The number of halogens is 5. The lowest BCUT2D eigenvalue weighted by Gasteiger charge is -2.18. The van der Waals surface area contributed by atoms with E-state index in [1.54, 1.807) is 13.1 Å². The van der Waals surface area contributed by atoms with Crippen molar-refractivity contribution in [3.05, 3.63) is 52.3 Å². The summed E-state index contributed by atoms with van der Waals surface area (Å²) in [6.07, 6.45) is -3.16. The zero-order chi connectivity index (χ0) is 18.6. The van der Waals surface area contributed by atoms with Crippen LogP contribution in [0.1, 0.15) is 29.8 Å². The van der Waals surface area contributed by atoms with E-state index in [0.717, 1.165) is 10.2 Å². The summed E-state index contributed by atoms with van der Waals surface area (Å²) in [6, 6.07) is 7.19. The van der Waals surface area contributed by atoms with Crippen LogP contribution in [0, 0.1) is 0 Å². The number of nitrogens with one attached hydrogen (secondary N) is 2. The summed E-state index contributed by atoms with van der Waals surface area (Å²) in [5, 5.41) is 10.1. The van der Waals surface area contributed by atoms with E-state index in [-0.39, 0.29) is 42.1 Å². The first-order chi connectivity index (χ1) is 11.7. The van der Waals surface area contributed by atoms with Crippen molar-refractivity contribution in [1.29, 1.82) is 0 Å². The first-order valence-corrected chi connectivity index (χ1v) is 7.91. The minimum absolute atomic E-state index is 0. The van der Waals surface area contributed by atoms with Gasteiger partial charge in [0.1, 0.15) is 0 Å². The highest BCUT2D eigenvalue weighted by molar-refractivity contribution is 14.0. The summed E-state index contributed by atoms with van der Waals surface area (Å²) in [7, 11) is 3.00. The fraction of sp³-hybridized carbons (Fsp3) is 0.375. The average molecular weight is 502 g/mol. The molecule has 0 spiro atoms. The van der Waals surface area contributed by atoms with Gasteiger partial charge in [0.15, 0.2) is 11.7 Å². The van der Waals surface area contributed by atoms with Crippen molar-refractivity contribution < 1.29 is 13.2 Å². The maximum atomic E-state index is 13.0. The second kappa shape index (κ2) is 9.45. The van der Waals surface area contributed by atoms with Gasteiger partial charge in [-0.05, 0) is 24.6 Å². The molecule has 144 valence electrons. The maximum absolute atomic E-state index is 13.0. The van der Waals surface area contributed by atoms with Crippen molar-refractivity contribution in [1.82, 2.24) is 20.4 Å². The highest BCUT2D eigenvalue weighted by atomic mass is 127. The molecule has 0 bridgehead atoms. The zero-order valence-electron chi connectivity index (χ0n) is 14.4. The number of nitrogens with zero attached hydrogens (tertiary/aromatic N) is 3. The number of aliphatic imine (C=N–C) groups is 1. The molecule has 1 heterocycles. The van der Waals surface area contributed by atoms with Crippen LogP contribution in [0.25, 0.3) is 0 Å². The Morgan fingerprint density at radius 2 is 2.08 bits per heavy atom. The van der Waals surface area contributed by atoms with E-state index in [0.29, 0.717) is 11.0 Å². The van der Waals surface area contributed by atoms with Crippen LogP contribution in [-0.2, 0) is 19.8 Å². The van der Waals surface area contributed by atoms with Gasteiger partial charge in [0.2, 0.25) is 0 Å². The van der Waals surface area contributed by atoms with Gasteiger partial charge in [-0.1, -0.05) is 23.7 Å². The van der Waals surface area contributed by atoms with Gasteiger partial charge in [0, 0.05) is 37.4 Å². The Bertz CT molecular complexity index is 761. The molecule has 0 fully saturated rings. The van der Waals surface area contributed by atoms with E-state index in [1.165, 1.54) is 13.2 Å². The molecule has 2 aromatic rings. The Balaban J connectivity index is 0.00000338. The molecule has 0 aliphatic carbocycles. The third-order valence-electron chi connectivity index (χ3n) is 3.54. The molecule has 2 rings (SSSR count). The second-order valence-corrected chi connectivity index (χ2v) is 5.96. The van der Waals surface area contributed by atoms with Crippen molar-refractivity contribution in [3.8, 4) is 0 Å². The molecule has 10 heteroatoms. The highest BCUT2D eigenvalue weighted by Crippen LogP contribution is 2.30.